The summed E-state index contributed by atoms with van der Waals surface area (Å²) in [6.07, 6.45) is 0. The lowest BCUT2D eigenvalue weighted by molar-refractivity contribution is 0.101. The molecular formula is C14H17FN2O. The summed E-state index contributed by atoms with van der Waals surface area (Å²) in [7, 11) is 1.80. The lowest BCUT2D eigenvalue weighted by Gasteiger charge is -2.23. The highest BCUT2D eigenvalue weighted by Crippen LogP contribution is 2.24. The van der Waals surface area contributed by atoms with Crippen molar-refractivity contribution in [3.63, 3.8) is 0 Å². The van der Waals surface area contributed by atoms with Gasteiger partial charge in [-0.2, -0.15) is 5.26 Å². The second-order valence-electron chi connectivity index (χ2n) is 4.59. The van der Waals surface area contributed by atoms with Crippen LogP contribution in [0.4, 0.5) is 10.1 Å². The zero-order valence-corrected chi connectivity index (χ0v) is 11.1. The van der Waals surface area contributed by atoms with E-state index in [-0.39, 0.29) is 17.5 Å². The highest BCUT2D eigenvalue weighted by molar-refractivity contribution is 5.99. The first kappa shape index (κ1) is 14.2. The van der Waals surface area contributed by atoms with Crippen LogP contribution in [-0.2, 0) is 0 Å². The summed E-state index contributed by atoms with van der Waals surface area (Å²) in [5.74, 6) is -0.716. The third-order valence-corrected chi connectivity index (χ3v) is 2.84. The minimum absolute atomic E-state index is 0.153. The van der Waals surface area contributed by atoms with Gasteiger partial charge in [0.2, 0.25) is 0 Å². The molecule has 0 heterocycles. The molecule has 0 saturated heterocycles. The number of anilines is 1. The molecule has 0 N–H and O–H groups in total. The third kappa shape index (κ3) is 3.07. The number of hydrogen-bond acceptors (Lipinski definition) is 3. The molecule has 0 saturated carbocycles. The van der Waals surface area contributed by atoms with Crippen molar-refractivity contribution in [3.05, 3.63) is 29.1 Å². The molecule has 1 unspecified atom stereocenters. The Morgan fingerprint density at radius 2 is 2.17 bits per heavy atom. The summed E-state index contributed by atoms with van der Waals surface area (Å²) < 4.78 is 13.5. The van der Waals surface area contributed by atoms with Crippen LogP contribution in [0.25, 0.3) is 0 Å². The number of rotatable bonds is 4. The highest BCUT2D eigenvalue weighted by atomic mass is 19.1. The van der Waals surface area contributed by atoms with Gasteiger partial charge in [0.1, 0.15) is 5.82 Å². The average Bonchev–Trinajstić information content (AvgIpc) is 2.31. The molecule has 0 amide bonds. The number of halogens is 1. The van der Waals surface area contributed by atoms with Crippen molar-refractivity contribution in [2.24, 2.45) is 5.92 Å². The van der Waals surface area contributed by atoms with Crippen molar-refractivity contribution in [1.82, 2.24) is 0 Å². The topological polar surface area (TPSA) is 44.1 Å². The van der Waals surface area contributed by atoms with E-state index in [4.69, 9.17) is 5.26 Å². The lowest BCUT2D eigenvalue weighted by atomic mass is 10.0. The van der Waals surface area contributed by atoms with E-state index in [1.165, 1.54) is 13.0 Å². The number of carbonyl (C=O) groups excluding carboxylic acids is 1. The molecule has 96 valence electrons. The van der Waals surface area contributed by atoms with Crippen molar-refractivity contribution in [1.29, 1.82) is 5.26 Å². The van der Waals surface area contributed by atoms with Crippen LogP contribution in [0, 0.1) is 30.0 Å². The zero-order valence-electron chi connectivity index (χ0n) is 11.1. The Hall–Kier alpha value is -1.89. The van der Waals surface area contributed by atoms with Gasteiger partial charge in [0.15, 0.2) is 5.78 Å². The fourth-order valence-corrected chi connectivity index (χ4v) is 1.81. The normalized spacial score (nSPS) is 11.8. The van der Waals surface area contributed by atoms with E-state index in [1.54, 1.807) is 27.0 Å². The minimum atomic E-state index is -0.384. The number of benzene rings is 1. The standard InChI is InChI=1S/C14H17FN2O/c1-9(7-16)8-17(4)14-5-10(2)13(15)6-12(14)11(3)18/h5-6,9H,8H2,1-4H3. The van der Waals surface area contributed by atoms with Crippen molar-refractivity contribution in [2.45, 2.75) is 20.8 Å². The highest BCUT2D eigenvalue weighted by Gasteiger charge is 2.15. The summed E-state index contributed by atoms with van der Waals surface area (Å²) >= 11 is 0. The van der Waals surface area contributed by atoms with Crippen LogP contribution >= 0.6 is 0 Å². The lowest BCUT2D eigenvalue weighted by Crippen LogP contribution is -2.25. The van der Waals surface area contributed by atoms with Crippen molar-refractivity contribution in [3.8, 4) is 6.07 Å². The number of nitriles is 1. The molecule has 0 radical (unpaired) electrons. The molecule has 0 aromatic heterocycles. The number of aryl methyl sites for hydroxylation is 1. The first-order valence-electron chi connectivity index (χ1n) is 5.78. The van der Waals surface area contributed by atoms with Gasteiger partial charge in [0.05, 0.1) is 12.0 Å². The Morgan fingerprint density at radius 1 is 1.56 bits per heavy atom. The van der Waals surface area contributed by atoms with Gasteiger partial charge in [-0.3, -0.25) is 4.79 Å². The van der Waals surface area contributed by atoms with Gasteiger partial charge in [-0.1, -0.05) is 0 Å². The van der Waals surface area contributed by atoms with Crippen LogP contribution in [0.5, 0.6) is 0 Å². The van der Waals surface area contributed by atoms with Crippen LogP contribution in [0.15, 0.2) is 12.1 Å². The largest absolute Gasteiger partial charge is 0.373 e. The van der Waals surface area contributed by atoms with Gasteiger partial charge in [0, 0.05) is 24.8 Å². The monoisotopic (exact) mass is 248 g/mol. The SMILES string of the molecule is CC(=O)c1cc(F)c(C)cc1N(C)CC(C)C#N. The van der Waals surface area contributed by atoms with E-state index in [1.807, 2.05) is 4.90 Å². The first-order chi connectivity index (χ1) is 8.36. The molecule has 1 aromatic carbocycles. The number of nitrogens with zero attached hydrogens (tertiary/aromatic N) is 2. The molecule has 18 heavy (non-hydrogen) atoms. The van der Waals surface area contributed by atoms with E-state index in [0.29, 0.717) is 23.4 Å². The molecule has 0 aliphatic carbocycles. The van der Waals surface area contributed by atoms with Crippen LogP contribution in [0.3, 0.4) is 0 Å². The molecule has 0 bridgehead atoms. The second-order valence-corrected chi connectivity index (χ2v) is 4.59. The van der Waals surface area contributed by atoms with E-state index < -0.39 is 0 Å². The number of ketones is 1. The Bertz CT molecular complexity index is 505. The van der Waals surface area contributed by atoms with Crippen molar-refractivity contribution < 1.29 is 9.18 Å². The Morgan fingerprint density at radius 3 is 2.67 bits per heavy atom. The smallest absolute Gasteiger partial charge is 0.161 e. The van der Waals surface area contributed by atoms with Crippen molar-refractivity contribution in [2.75, 3.05) is 18.5 Å². The summed E-state index contributed by atoms with van der Waals surface area (Å²) in [4.78, 5) is 13.3. The fraction of sp³-hybridized carbons (Fsp3) is 0.429. The minimum Gasteiger partial charge on any atom is -0.373 e. The van der Waals surface area contributed by atoms with Gasteiger partial charge in [0.25, 0.3) is 0 Å². The van der Waals surface area contributed by atoms with Crippen LogP contribution < -0.4 is 4.90 Å². The molecule has 1 rings (SSSR count). The maximum atomic E-state index is 13.5. The predicted octanol–water partition coefficient (Wildman–Crippen LogP) is 2.93. The maximum absolute atomic E-state index is 13.5. The Balaban J connectivity index is 3.18. The number of Topliss-reactive ketones (excluding diaryl/α,β-unsaturated/α-hetero) is 1. The summed E-state index contributed by atoms with van der Waals surface area (Å²) in [6, 6.07) is 5.05. The third-order valence-electron chi connectivity index (χ3n) is 2.84. The summed E-state index contributed by atoms with van der Waals surface area (Å²) in [6.45, 7) is 5.38. The van der Waals surface area contributed by atoms with Crippen LogP contribution in [0.2, 0.25) is 0 Å². The molecule has 0 aliphatic heterocycles. The second kappa shape index (κ2) is 5.63. The molecule has 1 atom stereocenters. The summed E-state index contributed by atoms with van der Waals surface area (Å²) in [5.41, 5.74) is 1.51. The average molecular weight is 248 g/mol. The van der Waals surface area contributed by atoms with Crippen LogP contribution in [-0.4, -0.2) is 19.4 Å². The molecule has 1 aromatic rings. The summed E-state index contributed by atoms with van der Waals surface area (Å²) in [5, 5.41) is 8.80. The predicted molar refractivity (Wildman–Crippen MR) is 69.2 cm³/mol. The van der Waals surface area contributed by atoms with Gasteiger partial charge >= 0.3 is 0 Å². The van der Waals surface area contributed by atoms with E-state index >= 15 is 0 Å². The Labute approximate surface area is 107 Å². The van der Waals surface area contributed by atoms with Gasteiger partial charge in [-0.05, 0) is 38.5 Å². The number of carbonyl (C=O) groups is 1. The van der Waals surface area contributed by atoms with Gasteiger partial charge in [-0.15, -0.1) is 0 Å². The fourth-order valence-electron chi connectivity index (χ4n) is 1.81. The van der Waals surface area contributed by atoms with Gasteiger partial charge in [-0.25, -0.2) is 4.39 Å². The quantitative estimate of drug-likeness (QED) is 0.769. The first-order valence-corrected chi connectivity index (χ1v) is 5.78. The molecule has 0 aliphatic rings. The molecular weight excluding hydrogens is 231 g/mol. The van der Waals surface area contributed by atoms with Gasteiger partial charge < -0.3 is 4.90 Å². The number of hydrogen-bond donors (Lipinski definition) is 0. The molecule has 3 nitrogen and oxygen atoms in total. The molecule has 0 spiro atoms. The maximum Gasteiger partial charge on any atom is 0.161 e. The molecule has 4 heteroatoms. The van der Waals surface area contributed by atoms with Crippen LogP contribution in [0.1, 0.15) is 29.8 Å². The Kier molecular flexibility index (Phi) is 4.43. The molecule has 0 fully saturated rings. The van der Waals surface area contributed by atoms with E-state index in [9.17, 15) is 9.18 Å². The van der Waals surface area contributed by atoms with E-state index in [0.717, 1.165) is 0 Å². The van der Waals surface area contributed by atoms with E-state index in [2.05, 4.69) is 6.07 Å². The van der Waals surface area contributed by atoms with Crippen molar-refractivity contribution >= 4 is 11.5 Å². The zero-order chi connectivity index (χ0) is 13.9.